The summed E-state index contributed by atoms with van der Waals surface area (Å²) in [5.41, 5.74) is 5.72. The van der Waals surface area contributed by atoms with E-state index in [9.17, 15) is 0 Å². The van der Waals surface area contributed by atoms with Gasteiger partial charge in [-0.3, -0.25) is 0 Å². The highest BCUT2D eigenvalue weighted by molar-refractivity contribution is 14.0. The number of nitrogens with zero attached hydrogens (tertiary/aromatic N) is 4. The standard InChI is InChI=1S/C12H20N6.HI/c1-2-7-14-12(13)15-9-11-17-16-10-6-4-3-5-8-18(10)11;/h2H,1,3-9H2,(H3,13,14,15);1H. The van der Waals surface area contributed by atoms with Crippen LogP contribution in [-0.4, -0.2) is 27.3 Å². The monoisotopic (exact) mass is 376 g/mol. The molecule has 1 aromatic rings. The van der Waals surface area contributed by atoms with Crippen LogP contribution >= 0.6 is 24.0 Å². The normalized spacial score (nSPS) is 15.1. The smallest absolute Gasteiger partial charge is 0.189 e. The second kappa shape index (κ2) is 8.13. The first-order valence-electron chi connectivity index (χ1n) is 6.37. The quantitative estimate of drug-likeness (QED) is 0.358. The molecule has 0 amide bonds. The third-order valence-corrected chi connectivity index (χ3v) is 3.00. The van der Waals surface area contributed by atoms with E-state index in [-0.39, 0.29) is 24.0 Å². The molecule has 1 aliphatic heterocycles. The molecule has 0 radical (unpaired) electrons. The molecule has 0 atom stereocenters. The second-order valence-electron chi connectivity index (χ2n) is 4.37. The van der Waals surface area contributed by atoms with E-state index in [1.54, 1.807) is 6.08 Å². The molecule has 0 spiro atoms. The fourth-order valence-corrected chi connectivity index (χ4v) is 2.05. The molecule has 2 rings (SSSR count). The highest BCUT2D eigenvalue weighted by Crippen LogP contribution is 2.14. The molecule has 0 aliphatic carbocycles. The Morgan fingerprint density at radius 2 is 2.26 bits per heavy atom. The molecule has 0 bridgehead atoms. The van der Waals surface area contributed by atoms with E-state index in [1.165, 1.54) is 19.3 Å². The minimum atomic E-state index is 0. The van der Waals surface area contributed by atoms with Gasteiger partial charge in [-0.15, -0.1) is 40.8 Å². The van der Waals surface area contributed by atoms with Gasteiger partial charge in [0.1, 0.15) is 12.4 Å². The Morgan fingerprint density at radius 1 is 1.42 bits per heavy atom. The van der Waals surface area contributed by atoms with E-state index >= 15 is 0 Å². The lowest BCUT2D eigenvalue weighted by molar-refractivity contribution is 0.606. The molecule has 106 valence electrons. The molecule has 7 heteroatoms. The molecule has 0 aromatic carbocycles. The molecular weight excluding hydrogens is 355 g/mol. The number of nitrogens with one attached hydrogen (secondary N) is 1. The zero-order chi connectivity index (χ0) is 12.8. The van der Waals surface area contributed by atoms with E-state index in [0.29, 0.717) is 19.0 Å². The van der Waals surface area contributed by atoms with Crippen LogP contribution in [0, 0.1) is 0 Å². The average molecular weight is 376 g/mol. The van der Waals surface area contributed by atoms with Crippen molar-refractivity contribution >= 4 is 29.9 Å². The van der Waals surface area contributed by atoms with Crippen LogP contribution in [0.25, 0.3) is 0 Å². The van der Waals surface area contributed by atoms with E-state index in [2.05, 4.69) is 31.7 Å². The third-order valence-electron chi connectivity index (χ3n) is 3.00. The number of halogens is 1. The fourth-order valence-electron chi connectivity index (χ4n) is 2.05. The molecule has 1 aromatic heterocycles. The van der Waals surface area contributed by atoms with Gasteiger partial charge < -0.3 is 15.6 Å². The molecule has 0 fully saturated rings. The van der Waals surface area contributed by atoms with E-state index in [4.69, 9.17) is 5.73 Å². The number of hydrogen-bond donors (Lipinski definition) is 2. The van der Waals surface area contributed by atoms with Gasteiger partial charge in [-0.25, -0.2) is 4.99 Å². The summed E-state index contributed by atoms with van der Waals surface area (Å²) in [6.45, 7) is 5.70. The zero-order valence-corrected chi connectivity index (χ0v) is 13.3. The van der Waals surface area contributed by atoms with Gasteiger partial charge in [0, 0.05) is 19.5 Å². The molecule has 6 nitrogen and oxygen atoms in total. The van der Waals surface area contributed by atoms with Crippen molar-refractivity contribution in [1.29, 1.82) is 0 Å². The van der Waals surface area contributed by atoms with Crippen LogP contribution in [-0.2, 0) is 19.5 Å². The van der Waals surface area contributed by atoms with Crippen LogP contribution in [0.3, 0.4) is 0 Å². The number of nitrogens with two attached hydrogens (primary N) is 1. The number of aryl methyl sites for hydroxylation is 1. The van der Waals surface area contributed by atoms with Crippen molar-refractivity contribution in [1.82, 2.24) is 20.1 Å². The average Bonchev–Trinajstić information content (AvgIpc) is 2.61. The second-order valence-corrected chi connectivity index (χ2v) is 4.37. The molecular formula is C12H21IN6. The molecule has 2 heterocycles. The summed E-state index contributed by atoms with van der Waals surface area (Å²) in [4.78, 5) is 4.26. The van der Waals surface area contributed by atoms with Crippen molar-refractivity contribution in [2.75, 3.05) is 6.54 Å². The lowest BCUT2D eigenvalue weighted by Gasteiger charge is -2.05. The number of fused-ring (bicyclic) bond motifs is 1. The summed E-state index contributed by atoms with van der Waals surface area (Å²) in [6.07, 6.45) is 6.40. The number of aliphatic imine (C=N–C) groups is 1. The van der Waals surface area contributed by atoms with Crippen LogP contribution in [0.4, 0.5) is 0 Å². The van der Waals surface area contributed by atoms with Gasteiger partial charge in [-0.1, -0.05) is 12.5 Å². The Morgan fingerprint density at radius 3 is 3.05 bits per heavy atom. The van der Waals surface area contributed by atoms with Gasteiger partial charge in [0.15, 0.2) is 11.8 Å². The molecule has 0 unspecified atom stereocenters. The molecule has 1 aliphatic rings. The minimum Gasteiger partial charge on any atom is -0.370 e. The van der Waals surface area contributed by atoms with Gasteiger partial charge in [0.25, 0.3) is 0 Å². The predicted molar refractivity (Wildman–Crippen MR) is 86.5 cm³/mol. The van der Waals surface area contributed by atoms with Gasteiger partial charge in [0.05, 0.1) is 0 Å². The first-order chi connectivity index (χ1) is 8.81. The van der Waals surface area contributed by atoms with Crippen molar-refractivity contribution in [3.63, 3.8) is 0 Å². The Labute approximate surface area is 130 Å². The first kappa shape index (κ1) is 15.9. The highest BCUT2D eigenvalue weighted by atomic mass is 127. The summed E-state index contributed by atoms with van der Waals surface area (Å²) in [6, 6.07) is 0. The van der Waals surface area contributed by atoms with Gasteiger partial charge in [-0.2, -0.15) is 0 Å². The van der Waals surface area contributed by atoms with Gasteiger partial charge in [-0.05, 0) is 12.8 Å². The maximum Gasteiger partial charge on any atom is 0.189 e. The predicted octanol–water partition coefficient (Wildman–Crippen LogP) is 1.21. The number of aromatic nitrogens is 3. The van der Waals surface area contributed by atoms with Crippen LogP contribution in [0.1, 0.15) is 30.9 Å². The summed E-state index contributed by atoms with van der Waals surface area (Å²) in [5.74, 6) is 2.39. The van der Waals surface area contributed by atoms with Gasteiger partial charge in [0.2, 0.25) is 0 Å². The summed E-state index contributed by atoms with van der Waals surface area (Å²) in [5, 5.41) is 11.4. The van der Waals surface area contributed by atoms with E-state index < -0.39 is 0 Å². The molecule has 19 heavy (non-hydrogen) atoms. The number of hydrogen-bond acceptors (Lipinski definition) is 3. The van der Waals surface area contributed by atoms with Crippen molar-refractivity contribution in [2.24, 2.45) is 10.7 Å². The maximum atomic E-state index is 5.72. The van der Waals surface area contributed by atoms with Crippen LogP contribution < -0.4 is 11.1 Å². The maximum absolute atomic E-state index is 5.72. The van der Waals surface area contributed by atoms with Crippen molar-refractivity contribution < 1.29 is 0 Å². The Balaban J connectivity index is 0.00000180. The summed E-state index contributed by atoms with van der Waals surface area (Å²) >= 11 is 0. The summed E-state index contributed by atoms with van der Waals surface area (Å²) in [7, 11) is 0. The van der Waals surface area contributed by atoms with Crippen LogP contribution in [0.15, 0.2) is 17.6 Å². The number of guanidine groups is 1. The lowest BCUT2D eigenvalue weighted by atomic mass is 10.2. The first-order valence-corrected chi connectivity index (χ1v) is 6.37. The Hall–Kier alpha value is -1.12. The molecule has 0 saturated heterocycles. The van der Waals surface area contributed by atoms with E-state index in [0.717, 1.165) is 24.6 Å². The SMILES string of the molecule is C=CCNC(N)=NCc1nnc2n1CCCCC2.I. The van der Waals surface area contributed by atoms with Gasteiger partial charge >= 0.3 is 0 Å². The summed E-state index contributed by atoms with van der Waals surface area (Å²) < 4.78 is 2.18. The highest BCUT2D eigenvalue weighted by Gasteiger charge is 2.13. The lowest BCUT2D eigenvalue weighted by Crippen LogP contribution is -2.31. The van der Waals surface area contributed by atoms with Crippen molar-refractivity contribution in [3.8, 4) is 0 Å². The van der Waals surface area contributed by atoms with Crippen LogP contribution in [0.5, 0.6) is 0 Å². The van der Waals surface area contributed by atoms with E-state index in [1.807, 2.05) is 0 Å². The Kier molecular flexibility index (Phi) is 6.82. The zero-order valence-electron chi connectivity index (χ0n) is 11.0. The largest absolute Gasteiger partial charge is 0.370 e. The minimum absolute atomic E-state index is 0. The third kappa shape index (κ3) is 4.48. The number of rotatable bonds is 4. The van der Waals surface area contributed by atoms with Crippen LogP contribution in [0.2, 0.25) is 0 Å². The van der Waals surface area contributed by atoms with Crippen molar-refractivity contribution in [2.45, 2.75) is 38.8 Å². The van der Waals surface area contributed by atoms with Crippen molar-refractivity contribution in [3.05, 3.63) is 24.3 Å². The molecule has 0 saturated carbocycles. The fraction of sp³-hybridized carbons (Fsp3) is 0.583. The Bertz CT molecular complexity index is 439. The topological polar surface area (TPSA) is 81.1 Å². The molecule has 3 N–H and O–H groups in total.